The van der Waals surface area contributed by atoms with Crippen LogP contribution in [0.1, 0.15) is 5.56 Å². The number of nitrogens with one attached hydrogen (secondary N) is 1. The van der Waals surface area contributed by atoms with E-state index in [4.69, 9.17) is 14.2 Å². The molecule has 0 spiro atoms. The maximum atomic E-state index is 5.34. The molecule has 0 saturated heterocycles. The first-order chi connectivity index (χ1) is 9.86. The maximum absolute atomic E-state index is 5.34. The van der Waals surface area contributed by atoms with Crippen molar-refractivity contribution in [2.24, 2.45) is 5.10 Å². The molecule has 0 fully saturated rings. The summed E-state index contributed by atoms with van der Waals surface area (Å²) in [5, 5.41) is 4.19. The van der Waals surface area contributed by atoms with Crippen LogP contribution in [-0.2, 0) is 0 Å². The van der Waals surface area contributed by atoms with Gasteiger partial charge in [-0.2, -0.15) is 5.10 Å². The fourth-order valence-electron chi connectivity index (χ4n) is 1.91. The standard InChI is InChI=1S/C15H14N2O3/c1-18-13-8-15-14(19-10-20-15)7-11(13)9-16-17-12-5-3-2-4-6-12/h2-9,17H,10H2,1H3. The number of rotatable bonds is 4. The Morgan fingerprint density at radius 2 is 1.90 bits per heavy atom. The van der Waals surface area contributed by atoms with Crippen LogP contribution >= 0.6 is 0 Å². The lowest BCUT2D eigenvalue weighted by atomic mass is 10.2. The van der Waals surface area contributed by atoms with Gasteiger partial charge in [0, 0.05) is 11.6 Å². The molecular weight excluding hydrogens is 256 g/mol. The van der Waals surface area contributed by atoms with E-state index in [0.29, 0.717) is 17.2 Å². The first-order valence-electron chi connectivity index (χ1n) is 6.18. The average molecular weight is 270 g/mol. The molecule has 0 aliphatic carbocycles. The van der Waals surface area contributed by atoms with Gasteiger partial charge in [-0.3, -0.25) is 5.43 Å². The lowest BCUT2D eigenvalue weighted by Crippen LogP contribution is -1.94. The third-order valence-electron chi connectivity index (χ3n) is 2.90. The van der Waals surface area contributed by atoms with Crippen molar-refractivity contribution in [2.45, 2.75) is 0 Å². The molecule has 0 saturated carbocycles. The zero-order valence-electron chi connectivity index (χ0n) is 11.0. The number of hydrogen-bond donors (Lipinski definition) is 1. The lowest BCUT2D eigenvalue weighted by Gasteiger charge is -2.06. The molecule has 3 rings (SSSR count). The Balaban J connectivity index is 1.80. The first kappa shape index (κ1) is 12.3. The number of nitrogens with zero attached hydrogens (tertiary/aromatic N) is 1. The van der Waals surface area contributed by atoms with Gasteiger partial charge in [0.25, 0.3) is 0 Å². The summed E-state index contributed by atoms with van der Waals surface area (Å²) in [4.78, 5) is 0. The minimum absolute atomic E-state index is 0.237. The highest BCUT2D eigenvalue weighted by atomic mass is 16.7. The van der Waals surface area contributed by atoms with E-state index in [0.717, 1.165) is 11.3 Å². The van der Waals surface area contributed by atoms with Gasteiger partial charge < -0.3 is 14.2 Å². The molecule has 1 heterocycles. The van der Waals surface area contributed by atoms with Crippen molar-refractivity contribution in [1.29, 1.82) is 0 Å². The molecule has 20 heavy (non-hydrogen) atoms. The van der Waals surface area contributed by atoms with E-state index in [2.05, 4.69) is 10.5 Å². The Kier molecular flexibility index (Phi) is 3.41. The Bertz CT molecular complexity index is 627. The van der Waals surface area contributed by atoms with Gasteiger partial charge in [0.1, 0.15) is 5.75 Å². The smallest absolute Gasteiger partial charge is 0.231 e. The third-order valence-corrected chi connectivity index (χ3v) is 2.90. The largest absolute Gasteiger partial charge is 0.496 e. The van der Waals surface area contributed by atoms with Crippen LogP contribution in [0.3, 0.4) is 0 Å². The number of ether oxygens (including phenoxy) is 3. The highest BCUT2D eigenvalue weighted by molar-refractivity contribution is 5.85. The summed E-state index contributed by atoms with van der Waals surface area (Å²) in [5.41, 5.74) is 4.69. The Hall–Kier alpha value is -2.69. The van der Waals surface area contributed by atoms with Gasteiger partial charge in [0.05, 0.1) is 19.0 Å². The minimum Gasteiger partial charge on any atom is -0.496 e. The molecule has 0 radical (unpaired) electrons. The Labute approximate surface area is 116 Å². The number of para-hydroxylation sites is 1. The van der Waals surface area contributed by atoms with E-state index in [1.165, 1.54) is 0 Å². The summed E-state index contributed by atoms with van der Waals surface area (Å²) in [6, 6.07) is 13.4. The summed E-state index contributed by atoms with van der Waals surface area (Å²) in [6.07, 6.45) is 1.69. The molecule has 0 aromatic heterocycles. The van der Waals surface area contributed by atoms with Crippen molar-refractivity contribution in [1.82, 2.24) is 0 Å². The number of methoxy groups -OCH3 is 1. The van der Waals surface area contributed by atoms with Crippen LogP contribution in [0.2, 0.25) is 0 Å². The second-order valence-corrected chi connectivity index (χ2v) is 4.18. The Morgan fingerprint density at radius 3 is 2.65 bits per heavy atom. The van der Waals surface area contributed by atoms with E-state index in [9.17, 15) is 0 Å². The highest BCUT2D eigenvalue weighted by Gasteiger charge is 2.16. The van der Waals surface area contributed by atoms with Crippen LogP contribution < -0.4 is 19.6 Å². The van der Waals surface area contributed by atoms with E-state index in [1.807, 2.05) is 36.4 Å². The summed E-state index contributed by atoms with van der Waals surface area (Å²) in [5.74, 6) is 2.08. The second kappa shape index (κ2) is 5.52. The fraction of sp³-hybridized carbons (Fsp3) is 0.133. The summed E-state index contributed by atoms with van der Waals surface area (Å²) < 4.78 is 16.0. The van der Waals surface area contributed by atoms with E-state index in [1.54, 1.807) is 19.4 Å². The monoisotopic (exact) mass is 270 g/mol. The average Bonchev–Trinajstić information content (AvgIpc) is 2.94. The van der Waals surface area contributed by atoms with Crippen LogP contribution in [0.25, 0.3) is 0 Å². The van der Waals surface area contributed by atoms with Crippen LogP contribution in [-0.4, -0.2) is 20.1 Å². The van der Waals surface area contributed by atoms with Gasteiger partial charge >= 0.3 is 0 Å². The van der Waals surface area contributed by atoms with Gasteiger partial charge in [-0.05, 0) is 18.2 Å². The van der Waals surface area contributed by atoms with Crippen LogP contribution in [0.15, 0.2) is 47.6 Å². The summed E-state index contributed by atoms with van der Waals surface area (Å²) >= 11 is 0. The molecule has 5 nitrogen and oxygen atoms in total. The third kappa shape index (κ3) is 2.51. The quantitative estimate of drug-likeness (QED) is 0.685. The topological polar surface area (TPSA) is 52.1 Å². The molecule has 0 atom stereocenters. The van der Waals surface area contributed by atoms with Gasteiger partial charge in [0.15, 0.2) is 11.5 Å². The highest BCUT2D eigenvalue weighted by Crippen LogP contribution is 2.37. The van der Waals surface area contributed by atoms with Crippen molar-refractivity contribution in [3.63, 3.8) is 0 Å². The van der Waals surface area contributed by atoms with Gasteiger partial charge in [-0.15, -0.1) is 0 Å². The molecule has 1 aliphatic heterocycles. The van der Waals surface area contributed by atoms with E-state index < -0.39 is 0 Å². The summed E-state index contributed by atoms with van der Waals surface area (Å²) in [6.45, 7) is 0.237. The normalized spacial score (nSPS) is 12.7. The molecule has 1 aliphatic rings. The molecule has 1 N–H and O–H groups in total. The van der Waals surface area contributed by atoms with E-state index in [-0.39, 0.29) is 6.79 Å². The van der Waals surface area contributed by atoms with Crippen molar-refractivity contribution in [3.8, 4) is 17.2 Å². The Morgan fingerprint density at radius 1 is 1.15 bits per heavy atom. The maximum Gasteiger partial charge on any atom is 0.231 e. The molecule has 2 aromatic carbocycles. The number of hydrogen-bond acceptors (Lipinski definition) is 5. The van der Waals surface area contributed by atoms with Gasteiger partial charge in [-0.1, -0.05) is 18.2 Å². The summed E-state index contributed by atoms with van der Waals surface area (Å²) in [7, 11) is 1.61. The van der Waals surface area contributed by atoms with Crippen LogP contribution in [0.4, 0.5) is 5.69 Å². The predicted molar refractivity (Wildman–Crippen MR) is 76.8 cm³/mol. The fourth-order valence-corrected chi connectivity index (χ4v) is 1.91. The SMILES string of the molecule is COc1cc2c(cc1C=NNc1ccccc1)OCO2. The molecule has 5 heteroatoms. The van der Waals surface area contributed by atoms with Crippen LogP contribution in [0.5, 0.6) is 17.2 Å². The zero-order valence-corrected chi connectivity index (χ0v) is 11.0. The van der Waals surface area contributed by atoms with Crippen LogP contribution in [0, 0.1) is 0 Å². The molecule has 0 bridgehead atoms. The van der Waals surface area contributed by atoms with Gasteiger partial charge in [-0.25, -0.2) is 0 Å². The zero-order chi connectivity index (χ0) is 13.8. The number of anilines is 1. The van der Waals surface area contributed by atoms with Gasteiger partial charge in [0.2, 0.25) is 6.79 Å². The number of benzene rings is 2. The molecule has 102 valence electrons. The van der Waals surface area contributed by atoms with Crippen molar-refractivity contribution in [2.75, 3.05) is 19.3 Å². The number of hydrazone groups is 1. The number of fused-ring (bicyclic) bond motifs is 1. The molecule has 0 amide bonds. The lowest BCUT2D eigenvalue weighted by molar-refractivity contribution is 0.174. The predicted octanol–water partition coefficient (Wildman–Crippen LogP) is 2.87. The molecule has 0 unspecified atom stereocenters. The van der Waals surface area contributed by atoms with Crippen molar-refractivity contribution >= 4 is 11.9 Å². The molecular formula is C15H14N2O3. The first-order valence-corrected chi connectivity index (χ1v) is 6.18. The minimum atomic E-state index is 0.237. The van der Waals surface area contributed by atoms with E-state index >= 15 is 0 Å². The second-order valence-electron chi connectivity index (χ2n) is 4.18. The van der Waals surface area contributed by atoms with Crippen molar-refractivity contribution < 1.29 is 14.2 Å². The van der Waals surface area contributed by atoms with Crippen molar-refractivity contribution in [3.05, 3.63) is 48.0 Å². The molecule has 2 aromatic rings.